The molecular formula is C132H75N9S3. The highest BCUT2D eigenvalue weighted by Crippen LogP contribution is 2.49. The lowest BCUT2D eigenvalue weighted by Crippen LogP contribution is -1.96. The summed E-state index contributed by atoms with van der Waals surface area (Å²) in [7, 11) is 0. The smallest absolute Gasteiger partial charge is 0.194 e. The third-order valence-electron chi connectivity index (χ3n) is 27.7. The Balaban J connectivity index is 0.000000113. The molecule has 0 N–H and O–H groups in total. The van der Waals surface area contributed by atoms with E-state index >= 15 is 0 Å². The standard InChI is InChI=1S/3C44H25N3S/c1-46-40-15-7-4-12-35(40)34-11-3-2-10-33(34)31-23-30(29-19-21-44-39(26-29)37-14-6-9-17-43(37)48-44)24-32(25-31)47-41-16-8-5-13-36(41)38-22-28(27-45)18-20-42(38)47;45-26-28-8-7-9-31(20-28)35-10-1-2-11-36(35)33-22-32(30-17-19-44-40(25-30)38-13-4-6-15-43(38)48-44)23-34(24-33)47-41-14-5-3-12-37(41)39-21-29(27-46)16-18-42(39)47;45-26-28-13-16-30(17-14-28)35-7-1-2-8-36(35)33-22-32(31-18-20-44-40(25-31)38-10-4-6-12-43(38)48-44)23-34(24-33)47-41-11-5-3-9-37(41)39-21-29(27-46)15-19-42(39)47/h2-26H;2*1-25H. The quantitative estimate of drug-likeness (QED) is 0.112. The molecule has 27 aromatic rings. The van der Waals surface area contributed by atoms with Crippen LogP contribution in [-0.2, 0) is 0 Å². The average Bonchev–Trinajstić information content (AvgIpc) is 1.61. The molecule has 0 saturated heterocycles. The van der Waals surface area contributed by atoms with E-state index < -0.39 is 0 Å². The van der Waals surface area contributed by atoms with Gasteiger partial charge in [-0.1, -0.05) is 249 Å². The number of hydrogen-bond donors (Lipinski definition) is 0. The number of benzene rings is 21. The first-order chi connectivity index (χ1) is 71.1. The van der Waals surface area contributed by atoms with Gasteiger partial charge in [-0.3, -0.25) is 0 Å². The Morgan fingerprint density at radius 1 is 0.174 bits per heavy atom. The summed E-state index contributed by atoms with van der Waals surface area (Å²) in [6.07, 6.45) is 0. The van der Waals surface area contributed by atoms with Crippen molar-refractivity contribution >= 4 is 166 Å². The topological polar surface area (TPSA) is 138 Å². The number of nitriles is 5. The lowest BCUT2D eigenvalue weighted by Gasteiger charge is -2.17. The minimum Gasteiger partial charge on any atom is -0.309 e. The summed E-state index contributed by atoms with van der Waals surface area (Å²) in [5, 5.41) is 62.3. The van der Waals surface area contributed by atoms with Crippen LogP contribution in [0.15, 0.2) is 455 Å². The zero-order valence-corrected chi connectivity index (χ0v) is 79.5. The van der Waals surface area contributed by atoms with Gasteiger partial charge in [-0.05, 0) is 306 Å². The van der Waals surface area contributed by atoms with Gasteiger partial charge in [0.15, 0.2) is 5.69 Å². The number of thiophene rings is 3. The number of para-hydroxylation sites is 4. The molecule has 0 fully saturated rings. The highest BCUT2D eigenvalue weighted by molar-refractivity contribution is 7.26. The van der Waals surface area contributed by atoms with Gasteiger partial charge in [-0.2, -0.15) is 26.3 Å². The summed E-state index contributed by atoms with van der Waals surface area (Å²) in [6.45, 7) is 7.88. The van der Waals surface area contributed by atoms with Crippen molar-refractivity contribution in [2.75, 3.05) is 0 Å². The minimum atomic E-state index is 0.631. The zero-order valence-electron chi connectivity index (χ0n) is 77.1. The molecule has 6 aromatic heterocycles. The molecule has 0 atom stereocenters. The van der Waals surface area contributed by atoms with E-state index in [1.54, 1.807) is 0 Å². The van der Waals surface area contributed by atoms with Gasteiger partial charge in [0, 0.05) is 110 Å². The lowest BCUT2D eigenvalue weighted by molar-refractivity contribution is 1.18. The summed E-state index contributed by atoms with van der Waals surface area (Å²) >= 11 is 5.48. The molecule has 0 radical (unpaired) electrons. The van der Waals surface area contributed by atoms with Crippen molar-refractivity contribution < 1.29 is 0 Å². The molecule has 6 heterocycles. The first kappa shape index (κ1) is 86.2. The van der Waals surface area contributed by atoms with E-state index in [2.05, 4.69) is 395 Å². The molecular weight excluding hydrogens is 1810 g/mol. The highest BCUT2D eigenvalue weighted by Gasteiger charge is 2.25. The Kier molecular flexibility index (Phi) is 21.7. The molecule has 0 aliphatic rings. The van der Waals surface area contributed by atoms with Crippen molar-refractivity contribution in [1.29, 1.82) is 26.3 Å². The fourth-order valence-corrected chi connectivity index (χ4v) is 24.3. The minimum absolute atomic E-state index is 0.631. The number of rotatable bonds is 12. The van der Waals surface area contributed by atoms with Crippen LogP contribution in [0.25, 0.3) is 248 Å². The summed E-state index contributed by atoms with van der Waals surface area (Å²) in [5.74, 6) is 0. The number of nitrogens with zero attached hydrogens (tertiary/aromatic N) is 9. The fraction of sp³-hybridized carbons (Fsp3) is 0. The molecule has 0 bridgehead atoms. The summed E-state index contributed by atoms with van der Waals surface area (Å²) < 4.78 is 14.6. The summed E-state index contributed by atoms with van der Waals surface area (Å²) in [6, 6.07) is 170. The van der Waals surface area contributed by atoms with Crippen molar-refractivity contribution in [3.63, 3.8) is 0 Å². The van der Waals surface area contributed by atoms with E-state index in [1.165, 1.54) is 60.5 Å². The third kappa shape index (κ3) is 15.3. The second kappa shape index (κ2) is 36.2. The SMILES string of the molecule is N#Cc1ccc(-c2ccccc2-c2cc(-c3ccc4sc5ccccc5c4c3)cc(-n3c4ccccc4c4cc(C#N)ccc43)c2)cc1.N#Cc1cccc(-c2ccccc2-c2cc(-c3ccc4sc5ccccc5c4c3)cc(-n3c4ccccc4c4cc(C#N)ccc43)c2)c1.[C-]#[N+]c1ccccc1-c1ccccc1-c1cc(-c2ccc3sc4ccccc4c3c2)cc(-n2c3ccccc3c3cc(C#N)ccc32)c1. The van der Waals surface area contributed by atoms with Gasteiger partial charge in [0.2, 0.25) is 0 Å². The monoisotopic (exact) mass is 1880 g/mol. The summed E-state index contributed by atoms with van der Waals surface area (Å²) in [4.78, 5) is 3.86. The Morgan fingerprint density at radius 2 is 0.451 bits per heavy atom. The van der Waals surface area contributed by atoms with E-state index in [0.717, 1.165) is 183 Å². The van der Waals surface area contributed by atoms with Crippen molar-refractivity contribution in [2.24, 2.45) is 0 Å². The highest BCUT2D eigenvalue weighted by atomic mass is 32.1. The van der Waals surface area contributed by atoms with Crippen molar-refractivity contribution in [2.45, 2.75) is 0 Å². The number of fused-ring (bicyclic) bond motifs is 18. The van der Waals surface area contributed by atoms with Crippen LogP contribution in [-0.4, -0.2) is 13.7 Å². The molecule has 144 heavy (non-hydrogen) atoms. The Hall–Kier alpha value is -19.4. The second-order valence-electron chi connectivity index (χ2n) is 36.0. The summed E-state index contributed by atoms with van der Waals surface area (Å²) in [5.41, 5.74) is 32.8. The van der Waals surface area contributed by atoms with Crippen LogP contribution in [0, 0.1) is 63.2 Å². The first-order valence-electron chi connectivity index (χ1n) is 47.3. The zero-order chi connectivity index (χ0) is 96.6. The number of hydrogen-bond acceptors (Lipinski definition) is 8. The van der Waals surface area contributed by atoms with E-state index in [4.69, 9.17) is 6.57 Å². The normalized spacial score (nSPS) is 11.3. The Morgan fingerprint density at radius 3 is 0.826 bits per heavy atom. The molecule has 12 heteroatoms. The first-order valence-corrected chi connectivity index (χ1v) is 49.8. The van der Waals surface area contributed by atoms with Crippen LogP contribution in [0.4, 0.5) is 5.69 Å². The van der Waals surface area contributed by atoms with Crippen LogP contribution < -0.4 is 0 Å². The molecule has 666 valence electrons. The molecule has 0 aliphatic carbocycles. The van der Waals surface area contributed by atoms with Crippen molar-refractivity contribution in [3.05, 3.63) is 494 Å². The molecule has 21 aromatic carbocycles. The van der Waals surface area contributed by atoms with Crippen LogP contribution in [0.3, 0.4) is 0 Å². The predicted molar refractivity (Wildman–Crippen MR) is 600 cm³/mol. The van der Waals surface area contributed by atoms with Gasteiger partial charge in [0.05, 0.1) is 97.8 Å². The maximum atomic E-state index is 9.73. The second-order valence-corrected chi connectivity index (χ2v) is 39.2. The van der Waals surface area contributed by atoms with E-state index in [-0.39, 0.29) is 0 Å². The largest absolute Gasteiger partial charge is 0.309 e. The maximum absolute atomic E-state index is 9.73. The lowest BCUT2D eigenvalue weighted by atomic mass is 9.91. The fourth-order valence-electron chi connectivity index (χ4n) is 21.1. The van der Waals surface area contributed by atoms with Crippen LogP contribution in [0.2, 0.25) is 0 Å². The average molecular weight is 1880 g/mol. The Bertz CT molecular complexity index is 10300. The van der Waals surface area contributed by atoms with Crippen molar-refractivity contribution in [3.8, 4) is 148 Å². The van der Waals surface area contributed by atoms with Crippen LogP contribution >= 0.6 is 34.0 Å². The molecule has 0 saturated carbocycles. The van der Waals surface area contributed by atoms with Gasteiger partial charge < -0.3 is 13.7 Å². The van der Waals surface area contributed by atoms with E-state index in [9.17, 15) is 26.3 Å². The Labute approximate surface area is 840 Å². The van der Waals surface area contributed by atoms with Crippen LogP contribution in [0.1, 0.15) is 27.8 Å². The van der Waals surface area contributed by atoms with E-state index in [1.807, 2.05) is 143 Å². The van der Waals surface area contributed by atoms with Gasteiger partial charge in [-0.15, -0.1) is 34.0 Å². The molecule has 0 spiro atoms. The third-order valence-corrected chi connectivity index (χ3v) is 31.2. The predicted octanol–water partition coefficient (Wildman–Crippen LogP) is 36.4. The van der Waals surface area contributed by atoms with Crippen LogP contribution in [0.5, 0.6) is 0 Å². The molecule has 0 aliphatic heterocycles. The maximum Gasteiger partial charge on any atom is 0.194 e. The van der Waals surface area contributed by atoms with Crippen molar-refractivity contribution in [1.82, 2.24) is 13.7 Å². The van der Waals surface area contributed by atoms with Gasteiger partial charge in [-0.25, -0.2) is 4.85 Å². The van der Waals surface area contributed by atoms with E-state index in [0.29, 0.717) is 33.5 Å². The molecule has 0 unspecified atom stereocenters. The van der Waals surface area contributed by atoms with Gasteiger partial charge in [0.25, 0.3) is 0 Å². The molecule has 9 nitrogen and oxygen atoms in total. The number of aromatic nitrogens is 3. The van der Waals surface area contributed by atoms with Gasteiger partial charge in [0.1, 0.15) is 0 Å². The molecule has 0 amide bonds. The van der Waals surface area contributed by atoms with Gasteiger partial charge >= 0.3 is 0 Å². The molecule has 27 rings (SSSR count).